The first kappa shape index (κ1) is 48.8. The Bertz CT molecular complexity index is 2330. The fraction of sp³-hybridized carbons (Fsp3) is 0.787. The SMILES string of the molecule is CC(C)C1=C2[C@H]3CC[C@@H]4[C@@]5(C)CC[C@H](OC(=O)[C@H]6C[C@@H](C(=O)O)C6(C)C)C(C)(C)[C@@H]5CC[C@@]4(C)[C@]3(C)CC[C@@]2(NC(=O)C2(NC(=O)c3cc(C(F)(F)F)nn3COP(=O)(O)O)CC2)CC1=O. The molecule has 0 aliphatic heterocycles. The lowest BCUT2D eigenvalue weighted by molar-refractivity contribution is -0.235. The second-order valence-electron chi connectivity index (χ2n) is 23.2. The minimum absolute atomic E-state index is 0.0339. The van der Waals surface area contributed by atoms with Gasteiger partial charge in [0.15, 0.2) is 18.2 Å². The second-order valence-corrected chi connectivity index (χ2v) is 24.5. The molecule has 0 radical (unpaired) electrons. The summed E-state index contributed by atoms with van der Waals surface area (Å²) in [6.45, 7) is 18.1. The summed E-state index contributed by atoms with van der Waals surface area (Å²) in [4.78, 5) is 86.3. The predicted octanol–water partition coefficient (Wildman–Crippen LogP) is 7.74. The molecule has 0 aromatic carbocycles. The van der Waals surface area contributed by atoms with Crippen molar-refractivity contribution in [3.05, 3.63) is 28.6 Å². The first-order valence-electron chi connectivity index (χ1n) is 23.5. The molecule has 0 unspecified atom stereocenters. The number of carboxylic acids is 1. The highest BCUT2D eigenvalue weighted by Gasteiger charge is 2.71. The second kappa shape index (κ2) is 15.5. The van der Waals surface area contributed by atoms with Crippen molar-refractivity contribution in [2.45, 2.75) is 169 Å². The number of carbonyl (C=O) groups is 5. The maximum Gasteiger partial charge on any atom is 0.471 e. The van der Waals surface area contributed by atoms with E-state index < -0.39 is 78.2 Å². The Morgan fingerprint density at radius 2 is 1.55 bits per heavy atom. The van der Waals surface area contributed by atoms with Crippen molar-refractivity contribution >= 4 is 37.4 Å². The van der Waals surface area contributed by atoms with Gasteiger partial charge in [-0.1, -0.05) is 62.3 Å². The first-order chi connectivity index (χ1) is 30.3. The van der Waals surface area contributed by atoms with Gasteiger partial charge in [0.2, 0.25) is 5.91 Å². The average molecular weight is 951 g/mol. The molecule has 2 amide bonds. The lowest BCUT2D eigenvalue weighted by atomic mass is 9.33. The number of nitrogens with one attached hydrogen (secondary N) is 2. The molecule has 7 aliphatic carbocycles. The number of aliphatic carboxylic acids is 1. The minimum Gasteiger partial charge on any atom is -0.481 e. The van der Waals surface area contributed by atoms with Gasteiger partial charge in [-0.2, -0.15) is 18.3 Å². The first-order valence-corrected chi connectivity index (χ1v) is 25.0. The molecule has 15 nitrogen and oxygen atoms in total. The van der Waals surface area contributed by atoms with Gasteiger partial charge in [-0.15, -0.1) is 0 Å². The third-order valence-electron chi connectivity index (χ3n) is 19.0. The van der Waals surface area contributed by atoms with Gasteiger partial charge in [0.1, 0.15) is 17.3 Å². The van der Waals surface area contributed by atoms with Crippen molar-refractivity contribution in [2.24, 2.45) is 62.6 Å². The van der Waals surface area contributed by atoms with Crippen LogP contribution in [-0.2, 0) is 45.9 Å². The zero-order valence-corrected chi connectivity index (χ0v) is 40.3. The number of Topliss-reactive ketones (excluding diaryl/α,β-unsaturated/α-hetero) is 1. The van der Waals surface area contributed by atoms with Gasteiger partial charge in [0.25, 0.3) is 5.91 Å². The maximum atomic E-state index is 14.6. The van der Waals surface area contributed by atoms with Crippen LogP contribution < -0.4 is 10.6 Å². The standard InChI is InChI=1S/C47H66F3N4O11P/c1-24(2)34-29(55)22-46(52-39(60)45(18-19-45)51-36(56)28-21-32(47(48,49)50)53-54(28)23-64-66(61,62)63)17-16-43(8)25(35(34)46)10-11-31-42(7)14-13-33(41(5,6)30(42)12-15-44(31,43)9)65-38(59)27-20-26(37(57)58)40(27,3)4/h21,24-27,30-31,33H,10-20,22-23H2,1-9H3,(H,51,56)(H,52,60)(H,57,58)(H2,61,62,63)/t25-,26+,27-,30+,31-,33+,42+,43-,44-,46-/m1/s1. The van der Waals surface area contributed by atoms with E-state index in [4.69, 9.17) is 4.74 Å². The van der Waals surface area contributed by atoms with Gasteiger partial charge in [-0.05, 0) is 127 Å². The number of alkyl halides is 3. The van der Waals surface area contributed by atoms with E-state index in [9.17, 15) is 56.6 Å². The summed E-state index contributed by atoms with van der Waals surface area (Å²) in [7, 11) is -5.16. The van der Waals surface area contributed by atoms with Crippen molar-refractivity contribution in [1.82, 2.24) is 20.4 Å². The van der Waals surface area contributed by atoms with Gasteiger partial charge >= 0.3 is 25.9 Å². The van der Waals surface area contributed by atoms with Gasteiger partial charge in [-0.3, -0.25) is 28.5 Å². The smallest absolute Gasteiger partial charge is 0.471 e. The number of esters is 1. The van der Waals surface area contributed by atoms with Crippen molar-refractivity contribution in [3.8, 4) is 0 Å². The average Bonchev–Trinajstić information content (AvgIpc) is 3.71. The minimum atomic E-state index is -5.16. The molecule has 5 N–H and O–H groups in total. The Morgan fingerprint density at radius 1 is 0.879 bits per heavy atom. The molecule has 366 valence electrons. The number of carboxylic acid groups (broad SMARTS) is 1. The van der Waals surface area contributed by atoms with E-state index in [-0.39, 0.29) is 83.0 Å². The van der Waals surface area contributed by atoms with Crippen LogP contribution in [0.1, 0.15) is 156 Å². The van der Waals surface area contributed by atoms with Gasteiger partial charge in [0, 0.05) is 17.9 Å². The number of phosphoric acid groups is 1. The molecule has 0 bridgehead atoms. The maximum absolute atomic E-state index is 14.6. The van der Waals surface area contributed by atoms with Crippen LogP contribution in [0.4, 0.5) is 13.2 Å². The Balaban J connectivity index is 1.03. The summed E-state index contributed by atoms with van der Waals surface area (Å²) in [6, 6.07) is 0.431. The largest absolute Gasteiger partial charge is 0.481 e. The molecule has 66 heavy (non-hydrogen) atoms. The number of amides is 2. The van der Waals surface area contributed by atoms with E-state index in [1.165, 1.54) is 0 Å². The Labute approximate surface area is 383 Å². The Morgan fingerprint density at radius 3 is 2.12 bits per heavy atom. The van der Waals surface area contributed by atoms with Crippen LogP contribution in [0.5, 0.6) is 0 Å². The van der Waals surface area contributed by atoms with Crippen LogP contribution in [0.15, 0.2) is 17.2 Å². The highest BCUT2D eigenvalue weighted by molar-refractivity contribution is 7.46. The van der Waals surface area contributed by atoms with Gasteiger partial charge in [0.05, 0.1) is 17.4 Å². The van der Waals surface area contributed by atoms with Crippen LogP contribution in [-0.4, -0.2) is 71.4 Å². The number of hydrogen-bond acceptors (Lipinski definition) is 9. The van der Waals surface area contributed by atoms with Crippen LogP contribution in [0, 0.1) is 62.6 Å². The van der Waals surface area contributed by atoms with E-state index in [1.807, 2.05) is 27.7 Å². The van der Waals surface area contributed by atoms with Crippen molar-refractivity contribution in [1.29, 1.82) is 0 Å². The van der Waals surface area contributed by atoms with Crippen molar-refractivity contribution in [2.75, 3.05) is 0 Å². The fourth-order valence-corrected chi connectivity index (χ4v) is 15.3. The quantitative estimate of drug-likeness (QED) is 0.106. The van der Waals surface area contributed by atoms with E-state index in [0.29, 0.717) is 35.9 Å². The number of aromatic nitrogens is 2. The number of carbonyl (C=O) groups excluding carboxylic acids is 4. The normalized spacial score (nSPS) is 37.4. The number of hydrogen-bond donors (Lipinski definition) is 5. The number of rotatable bonds is 11. The van der Waals surface area contributed by atoms with Gasteiger partial charge < -0.3 is 30.3 Å². The monoisotopic (exact) mass is 950 g/mol. The molecule has 0 saturated heterocycles. The molecule has 7 aliphatic rings. The fourth-order valence-electron chi connectivity index (χ4n) is 15.0. The highest BCUT2D eigenvalue weighted by Crippen LogP contribution is 2.76. The molecular weight excluding hydrogens is 885 g/mol. The number of ketones is 1. The molecule has 1 aromatic heterocycles. The number of ether oxygens (including phenoxy) is 1. The van der Waals surface area contributed by atoms with E-state index in [1.54, 1.807) is 0 Å². The lowest BCUT2D eigenvalue weighted by Crippen LogP contribution is -2.68. The molecular formula is C47H66F3N4O11P. The highest BCUT2D eigenvalue weighted by atomic mass is 31.2. The van der Waals surface area contributed by atoms with Crippen LogP contribution >= 0.6 is 7.82 Å². The summed E-state index contributed by atoms with van der Waals surface area (Å²) in [5, 5.41) is 18.9. The lowest BCUT2D eigenvalue weighted by Gasteiger charge is -2.72. The molecule has 8 rings (SSSR count). The third kappa shape index (κ3) is 7.43. The molecule has 19 heteroatoms. The molecule has 1 heterocycles. The topological polar surface area (TPSA) is 223 Å². The zero-order valence-electron chi connectivity index (χ0n) is 39.4. The summed E-state index contributed by atoms with van der Waals surface area (Å²) in [6.07, 6.45) is 1.65. The predicted molar refractivity (Wildman–Crippen MR) is 231 cm³/mol. The third-order valence-corrected chi connectivity index (χ3v) is 19.5. The summed E-state index contributed by atoms with van der Waals surface area (Å²) < 4.78 is 63.6. The summed E-state index contributed by atoms with van der Waals surface area (Å²) in [5.74, 6) is -3.57. The Hall–Kier alpha value is -3.60. The van der Waals surface area contributed by atoms with Crippen molar-refractivity contribution in [3.63, 3.8) is 0 Å². The molecule has 6 saturated carbocycles. The number of fused-ring (bicyclic) bond motifs is 7. The molecule has 6 fully saturated rings. The van der Waals surface area contributed by atoms with E-state index in [2.05, 4.69) is 54.9 Å². The molecule has 10 atom stereocenters. The van der Waals surface area contributed by atoms with Crippen molar-refractivity contribution < 1.29 is 65.9 Å². The number of phosphoric ester groups is 1. The molecule has 1 aromatic rings. The van der Waals surface area contributed by atoms with Gasteiger partial charge in [-0.25, -0.2) is 9.25 Å². The molecule has 0 spiro atoms. The Kier molecular flexibility index (Phi) is 11.4. The number of allylic oxidation sites excluding steroid dienone is 1. The summed E-state index contributed by atoms with van der Waals surface area (Å²) >= 11 is 0. The van der Waals surface area contributed by atoms with Crippen LogP contribution in [0.25, 0.3) is 0 Å². The van der Waals surface area contributed by atoms with E-state index in [0.717, 1.165) is 43.3 Å². The van der Waals surface area contributed by atoms with Crippen LogP contribution in [0.2, 0.25) is 0 Å². The summed E-state index contributed by atoms with van der Waals surface area (Å²) in [5.41, 5.74) is -4.60. The zero-order chi connectivity index (χ0) is 48.7. The number of nitrogens with zero attached hydrogens (tertiary/aromatic N) is 2. The number of halogens is 3. The van der Waals surface area contributed by atoms with Crippen LogP contribution in [0.3, 0.4) is 0 Å². The van der Waals surface area contributed by atoms with E-state index >= 15 is 0 Å².